The summed E-state index contributed by atoms with van der Waals surface area (Å²) in [6, 6.07) is 1.12. The standard InChI is InChI=1S/C9H11NO4/c1-6-2-3-14-9(6)7(10-5-11)4-8(12)13/h2-3,5,7H,4H2,1H3,(H,10,11)(H,12,13)/t7-/m1/s1. The average molecular weight is 197 g/mol. The van der Waals surface area contributed by atoms with E-state index in [0.29, 0.717) is 12.2 Å². The van der Waals surface area contributed by atoms with Gasteiger partial charge in [-0.2, -0.15) is 0 Å². The number of rotatable bonds is 5. The van der Waals surface area contributed by atoms with Crippen LogP contribution in [0, 0.1) is 6.92 Å². The zero-order valence-corrected chi connectivity index (χ0v) is 7.69. The summed E-state index contributed by atoms with van der Waals surface area (Å²) in [5.74, 6) is -0.500. The fourth-order valence-corrected chi connectivity index (χ4v) is 1.23. The number of carboxylic acids is 1. The lowest BCUT2D eigenvalue weighted by molar-refractivity contribution is -0.137. The Morgan fingerprint density at radius 1 is 1.79 bits per heavy atom. The number of aryl methyl sites for hydroxylation is 1. The average Bonchev–Trinajstić information content (AvgIpc) is 2.50. The van der Waals surface area contributed by atoms with E-state index in [2.05, 4.69) is 5.32 Å². The molecule has 0 radical (unpaired) electrons. The smallest absolute Gasteiger partial charge is 0.305 e. The van der Waals surface area contributed by atoms with Crippen LogP contribution < -0.4 is 5.32 Å². The third kappa shape index (κ3) is 2.35. The van der Waals surface area contributed by atoms with Crippen molar-refractivity contribution in [2.75, 3.05) is 0 Å². The Morgan fingerprint density at radius 3 is 2.93 bits per heavy atom. The molecule has 0 spiro atoms. The second-order valence-electron chi connectivity index (χ2n) is 2.90. The van der Waals surface area contributed by atoms with Gasteiger partial charge in [0.2, 0.25) is 6.41 Å². The molecule has 0 bridgehead atoms. The van der Waals surface area contributed by atoms with Crippen LogP contribution in [0.4, 0.5) is 0 Å². The van der Waals surface area contributed by atoms with E-state index in [9.17, 15) is 9.59 Å². The van der Waals surface area contributed by atoms with E-state index >= 15 is 0 Å². The van der Waals surface area contributed by atoms with Crippen molar-refractivity contribution < 1.29 is 19.1 Å². The Morgan fingerprint density at radius 2 is 2.50 bits per heavy atom. The molecule has 1 amide bonds. The first-order valence-electron chi connectivity index (χ1n) is 4.10. The van der Waals surface area contributed by atoms with E-state index in [1.807, 2.05) is 0 Å². The summed E-state index contributed by atoms with van der Waals surface area (Å²) < 4.78 is 5.10. The van der Waals surface area contributed by atoms with Gasteiger partial charge in [-0.1, -0.05) is 0 Å². The number of furan rings is 1. The molecule has 0 unspecified atom stereocenters. The van der Waals surface area contributed by atoms with Gasteiger partial charge in [-0.15, -0.1) is 0 Å². The highest BCUT2D eigenvalue weighted by Crippen LogP contribution is 2.20. The van der Waals surface area contributed by atoms with Crippen molar-refractivity contribution in [1.82, 2.24) is 5.32 Å². The zero-order chi connectivity index (χ0) is 10.6. The molecule has 0 saturated carbocycles. The highest BCUT2D eigenvalue weighted by Gasteiger charge is 2.19. The second kappa shape index (κ2) is 4.45. The quantitative estimate of drug-likeness (QED) is 0.686. The Labute approximate surface area is 80.7 Å². The minimum Gasteiger partial charge on any atom is -0.481 e. The first kappa shape index (κ1) is 10.3. The van der Waals surface area contributed by atoms with Gasteiger partial charge in [-0.3, -0.25) is 9.59 Å². The number of aliphatic carboxylic acids is 1. The van der Waals surface area contributed by atoms with Gasteiger partial charge >= 0.3 is 5.97 Å². The van der Waals surface area contributed by atoms with Crippen LogP contribution in [0.3, 0.4) is 0 Å². The number of hydrogen-bond donors (Lipinski definition) is 2. The largest absolute Gasteiger partial charge is 0.481 e. The topological polar surface area (TPSA) is 79.5 Å². The van der Waals surface area contributed by atoms with Crippen molar-refractivity contribution in [2.45, 2.75) is 19.4 Å². The molecule has 0 aliphatic rings. The van der Waals surface area contributed by atoms with Crippen molar-refractivity contribution in [3.63, 3.8) is 0 Å². The van der Waals surface area contributed by atoms with Gasteiger partial charge < -0.3 is 14.8 Å². The molecule has 76 valence electrons. The summed E-state index contributed by atoms with van der Waals surface area (Å²) in [7, 11) is 0. The maximum absolute atomic E-state index is 10.5. The van der Waals surface area contributed by atoms with Crippen LogP contribution in [0.1, 0.15) is 23.8 Å². The van der Waals surface area contributed by atoms with E-state index in [1.165, 1.54) is 6.26 Å². The van der Waals surface area contributed by atoms with Gasteiger partial charge in [-0.25, -0.2) is 0 Å². The lowest BCUT2D eigenvalue weighted by Crippen LogP contribution is -2.22. The molecule has 5 nitrogen and oxygen atoms in total. The van der Waals surface area contributed by atoms with Crippen molar-refractivity contribution in [3.8, 4) is 0 Å². The number of carboxylic acid groups (broad SMARTS) is 1. The molecular weight excluding hydrogens is 186 g/mol. The van der Waals surface area contributed by atoms with E-state index in [-0.39, 0.29) is 6.42 Å². The summed E-state index contributed by atoms with van der Waals surface area (Å²) in [6.45, 7) is 1.79. The van der Waals surface area contributed by atoms with Gasteiger partial charge in [-0.05, 0) is 18.6 Å². The molecular formula is C9H11NO4. The number of carbonyl (C=O) groups excluding carboxylic acids is 1. The van der Waals surface area contributed by atoms with Crippen molar-refractivity contribution in [1.29, 1.82) is 0 Å². The summed E-state index contributed by atoms with van der Waals surface area (Å²) in [5, 5.41) is 11.0. The highest BCUT2D eigenvalue weighted by molar-refractivity contribution is 5.68. The molecule has 1 rings (SSSR count). The number of carbonyl (C=O) groups is 2. The maximum atomic E-state index is 10.5. The first-order chi connectivity index (χ1) is 6.65. The summed E-state index contributed by atoms with van der Waals surface area (Å²) >= 11 is 0. The lowest BCUT2D eigenvalue weighted by atomic mass is 10.1. The van der Waals surface area contributed by atoms with E-state index in [1.54, 1.807) is 13.0 Å². The molecule has 1 heterocycles. The second-order valence-corrected chi connectivity index (χ2v) is 2.90. The molecule has 0 aliphatic heterocycles. The highest BCUT2D eigenvalue weighted by atomic mass is 16.4. The molecule has 1 aromatic rings. The van der Waals surface area contributed by atoms with Crippen molar-refractivity contribution >= 4 is 12.4 Å². The van der Waals surface area contributed by atoms with E-state index in [0.717, 1.165) is 5.56 Å². The summed E-state index contributed by atoms with van der Waals surface area (Å²) in [5.41, 5.74) is 0.825. The van der Waals surface area contributed by atoms with Crippen LogP contribution in [0.15, 0.2) is 16.7 Å². The molecule has 0 fully saturated rings. The van der Waals surface area contributed by atoms with Crippen molar-refractivity contribution in [3.05, 3.63) is 23.7 Å². The molecule has 0 saturated heterocycles. The first-order valence-corrected chi connectivity index (χ1v) is 4.10. The van der Waals surface area contributed by atoms with Crippen molar-refractivity contribution in [2.24, 2.45) is 0 Å². The van der Waals surface area contributed by atoms with Gasteiger partial charge in [0.1, 0.15) is 5.76 Å². The summed E-state index contributed by atoms with van der Waals surface area (Å²) in [4.78, 5) is 20.8. The van der Waals surface area contributed by atoms with Gasteiger partial charge in [0, 0.05) is 0 Å². The Hall–Kier alpha value is -1.78. The van der Waals surface area contributed by atoms with Crippen LogP contribution in [0.2, 0.25) is 0 Å². The normalized spacial score (nSPS) is 12.1. The van der Waals surface area contributed by atoms with Crippen LogP contribution >= 0.6 is 0 Å². The van der Waals surface area contributed by atoms with Gasteiger partial charge in [0.05, 0.1) is 18.7 Å². The lowest BCUT2D eigenvalue weighted by Gasteiger charge is -2.11. The Balaban J connectivity index is 2.82. The monoisotopic (exact) mass is 197 g/mol. The Kier molecular flexibility index (Phi) is 3.28. The number of hydrogen-bond acceptors (Lipinski definition) is 3. The third-order valence-electron chi connectivity index (χ3n) is 1.87. The maximum Gasteiger partial charge on any atom is 0.305 e. The zero-order valence-electron chi connectivity index (χ0n) is 7.69. The molecule has 1 atom stereocenters. The molecule has 0 aromatic carbocycles. The molecule has 1 aromatic heterocycles. The molecule has 5 heteroatoms. The number of nitrogens with one attached hydrogen (secondary N) is 1. The minimum atomic E-state index is -0.986. The third-order valence-corrected chi connectivity index (χ3v) is 1.87. The molecule has 14 heavy (non-hydrogen) atoms. The van der Waals surface area contributed by atoms with E-state index < -0.39 is 12.0 Å². The van der Waals surface area contributed by atoms with Gasteiger partial charge in [0.25, 0.3) is 0 Å². The van der Waals surface area contributed by atoms with Gasteiger partial charge in [0.15, 0.2) is 0 Å². The van der Waals surface area contributed by atoms with Crippen LogP contribution in [0.25, 0.3) is 0 Å². The molecule has 2 N–H and O–H groups in total. The summed E-state index contributed by atoms with van der Waals surface area (Å²) in [6.07, 6.45) is 1.74. The predicted octanol–water partition coefficient (Wildman–Crippen LogP) is 0.850. The Bertz CT molecular complexity index is 331. The van der Waals surface area contributed by atoms with Crippen LogP contribution in [0.5, 0.6) is 0 Å². The fourth-order valence-electron chi connectivity index (χ4n) is 1.23. The van der Waals surface area contributed by atoms with Crippen LogP contribution in [-0.4, -0.2) is 17.5 Å². The number of amides is 1. The fraction of sp³-hybridized carbons (Fsp3) is 0.333. The van der Waals surface area contributed by atoms with Crippen LogP contribution in [-0.2, 0) is 9.59 Å². The van der Waals surface area contributed by atoms with E-state index in [4.69, 9.17) is 9.52 Å². The molecule has 0 aliphatic carbocycles. The SMILES string of the molecule is Cc1ccoc1[C@@H](CC(=O)O)NC=O. The minimum absolute atomic E-state index is 0.187. The predicted molar refractivity (Wildman–Crippen MR) is 47.6 cm³/mol.